The van der Waals surface area contributed by atoms with Gasteiger partial charge in [-0.1, -0.05) is 140 Å². The number of hydrogen-bond acceptors (Lipinski definition) is 3. The molecule has 1 atom stereocenters. The summed E-state index contributed by atoms with van der Waals surface area (Å²) >= 11 is 0. The van der Waals surface area contributed by atoms with Crippen LogP contribution in [0.4, 0.5) is 5.69 Å². The van der Waals surface area contributed by atoms with E-state index in [0.29, 0.717) is 0 Å². The van der Waals surface area contributed by atoms with E-state index in [1.807, 2.05) is 0 Å². The van der Waals surface area contributed by atoms with Crippen LogP contribution in [0, 0.1) is 0 Å². The molecule has 8 rings (SSSR count). The fourth-order valence-electron chi connectivity index (χ4n) is 6.59. The second kappa shape index (κ2) is 11.7. The standard InChI is InChI=1S/C42H33N3/c1-5-15-30(16-6-1)33-27-34(31-17-7-2-8-18-31)29-35(28-33)41-44-40-39(25-26-43-42(40)45(41)36-21-11-4-12-22-36)38-24-14-13-23-37(38)32-19-9-3-10-20-32/h1-25,27-29,41,43-44H,26H2. The van der Waals surface area contributed by atoms with Crippen molar-refractivity contribution in [1.82, 2.24) is 10.6 Å². The quantitative estimate of drug-likeness (QED) is 0.206. The van der Waals surface area contributed by atoms with Crippen LogP contribution in [0.3, 0.4) is 0 Å². The van der Waals surface area contributed by atoms with Crippen molar-refractivity contribution in [2.45, 2.75) is 6.17 Å². The van der Waals surface area contributed by atoms with Crippen LogP contribution in [0.15, 0.2) is 181 Å². The largest absolute Gasteiger partial charge is 0.366 e. The average molecular weight is 580 g/mol. The summed E-state index contributed by atoms with van der Waals surface area (Å²) in [5.41, 5.74) is 13.1. The van der Waals surface area contributed by atoms with E-state index in [2.05, 4.69) is 185 Å². The number of nitrogens with zero attached hydrogens (tertiary/aromatic N) is 1. The molecule has 0 radical (unpaired) electrons. The summed E-state index contributed by atoms with van der Waals surface area (Å²) in [5.74, 6) is 1.10. The van der Waals surface area contributed by atoms with Gasteiger partial charge in [-0.25, -0.2) is 0 Å². The van der Waals surface area contributed by atoms with E-state index in [-0.39, 0.29) is 6.17 Å². The van der Waals surface area contributed by atoms with Crippen molar-refractivity contribution in [3.05, 3.63) is 193 Å². The highest BCUT2D eigenvalue weighted by molar-refractivity contribution is 5.91. The fraction of sp³-hybridized carbons (Fsp3) is 0.0476. The molecule has 0 spiro atoms. The van der Waals surface area contributed by atoms with Crippen molar-refractivity contribution in [1.29, 1.82) is 0 Å². The van der Waals surface area contributed by atoms with Gasteiger partial charge in [-0.2, -0.15) is 0 Å². The number of nitrogens with one attached hydrogen (secondary N) is 2. The Hall–Kier alpha value is -5.80. The maximum absolute atomic E-state index is 4.02. The summed E-state index contributed by atoms with van der Waals surface area (Å²) in [7, 11) is 0. The van der Waals surface area contributed by atoms with Crippen LogP contribution >= 0.6 is 0 Å². The average Bonchev–Trinajstić information content (AvgIpc) is 3.53. The third kappa shape index (κ3) is 5.09. The summed E-state index contributed by atoms with van der Waals surface area (Å²) in [6.07, 6.45) is 2.19. The monoisotopic (exact) mass is 579 g/mol. The lowest BCUT2D eigenvalue weighted by Crippen LogP contribution is -2.34. The van der Waals surface area contributed by atoms with Crippen LogP contribution in [0.5, 0.6) is 0 Å². The Bertz CT molecular complexity index is 1960. The zero-order valence-electron chi connectivity index (χ0n) is 24.9. The van der Waals surface area contributed by atoms with Gasteiger partial charge in [0.15, 0.2) is 0 Å². The molecule has 0 aromatic heterocycles. The predicted octanol–water partition coefficient (Wildman–Crippen LogP) is 9.65. The maximum atomic E-state index is 4.02. The summed E-state index contributed by atoms with van der Waals surface area (Å²) in [6, 6.07) is 58.5. The molecule has 0 fully saturated rings. The van der Waals surface area contributed by atoms with Crippen molar-refractivity contribution >= 4 is 11.3 Å². The molecule has 45 heavy (non-hydrogen) atoms. The molecule has 0 saturated heterocycles. The second-order valence-electron chi connectivity index (χ2n) is 11.5. The van der Waals surface area contributed by atoms with Gasteiger partial charge in [-0.3, -0.25) is 0 Å². The Balaban J connectivity index is 1.29. The number of rotatable bonds is 6. The van der Waals surface area contributed by atoms with Crippen LogP contribution in [-0.4, -0.2) is 6.54 Å². The molecule has 0 aliphatic carbocycles. The number of anilines is 1. The van der Waals surface area contributed by atoms with Crippen molar-refractivity contribution in [3.63, 3.8) is 0 Å². The van der Waals surface area contributed by atoms with Gasteiger partial charge < -0.3 is 15.5 Å². The van der Waals surface area contributed by atoms with Gasteiger partial charge in [0.05, 0.1) is 5.70 Å². The molecular formula is C42H33N3. The van der Waals surface area contributed by atoms with E-state index < -0.39 is 0 Å². The minimum atomic E-state index is -0.124. The number of hydrogen-bond donors (Lipinski definition) is 2. The van der Waals surface area contributed by atoms with Gasteiger partial charge in [0.25, 0.3) is 0 Å². The van der Waals surface area contributed by atoms with E-state index in [1.165, 1.54) is 50.1 Å². The SMILES string of the molecule is C1=C(c2ccccc2-c2ccccc2)C2=C(NC1)N(c1ccccc1)C(c1cc(-c3ccccc3)cc(-c3ccccc3)c1)N2. The van der Waals surface area contributed by atoms with Crippen LogP contribution in [-0.2, 0) is 0 Å². The van der Waals surface area contributed by atoms with Gasteiger partial charge >= 0.3 is 0 Å². The molecule has 2 aliphatic rings. The Morgan fingerprint density at radius 3 is 1.60 bits per heavy atom. The zero-order valence-corrected chi connectivity index (χ0v) is 24.9. The van der Waals surface area contributed by atoms with E-state index >= 15 is 0 Å². The number of dihydropyridines is 1. The van der Waals surface area contributed by atoms with Crippen molar-refractivity contribution in [2.24, 2.45) is 0 Å². The molecular weight excluding hydrogens is 546 g/mol. The molecule has 0 amide bonds. The Labute approximate surface area is 264 Å². The van der Waals surface area contributed by atoms with E-state index in [9.17, 15) is 0 Å². The molecule has 216 valence electrons. The minimum Gasteiger partial charge on any atom is -0.366 e. The lowest BCUT2D eigenvalue weighted by atomic mass is 9.91. The maximum Gasteiger partial charge on any atom is 0.133 e. The first kappa shape index (κ1) is 26.8. The van der Waals surface area contributed by atoms with E-state index in [0.717, 1.165) is 23.8 Å². The predicted molar refractivity (Wildman–Crippen MR) is 187 cm³/mol. The highest BCUT2D eigenvalue weighted by Gasteiger charge is 2.37. The first-order valence-electron chi connectivity index (χ1n) is 15.5. The van der Waals surface area contributed by atoms with Crippen LogP contribution in [0.25, 0.3) is 39.0 Å². The topological polar surface area (TPSA) is 27.3 Å². The van der Waals surface area contributed by atoms with Gasteiger partial charge in [-0.05, 0) is 74.8 Å². The molecule has 1 unspecified atom stereocenters. The first-order chi connectivity index (χ1) is 22.3. The zero-order chi connectivity index (χ0) is 30.0. The van der Waals surface area contributed by atoms with E-state index in [1.54, 1.807) is 0 Å². The van der Waals surface area contributed by atoms with Crippen molar-refractivity contribution in [3.8, 4) is 33.4 Å². The fourth-order valence-corrected chi connectivity index (χ4v) is 6.59. The smallest absolute Gasteiger partial charge is 0.133 e. The number of benzene rings is 6. The molecule has 3 nitrogen and oxygen atoms in total. The van der Waals surface area contributed by atoms with Gasteiger partial charge in [-0.15, -0.1) is 0 Å². The van der Waals surface area contributed by atoms with Gasteiger partial charge in [0, 0.05) is 17.8 Å². The third-order valence-electron chi connectivity index (χ3n) is 8.68. The molecule has 2 N–H and O–H groups in total. The van der Waals surface area contributed by atoms with Crippen LogP contribution in [0.2, 0.25) is 0 Å². The van der Waals surface area contributed by atoms with Crippen molar-refractivity contribution in [2.75, 3.05) is 11.4 Å². The number of allylic oxidation sites excluding steroid dienone is 1. The normalized spacial score (nSPS) is 15.6. The molecule has 6 aromatic carbocycles. The van der Waals surface area contributed by atoms with E-state index in [4.69, 9.17) is 0 Å². The van der Waals surface area contributed by atoms with Crippen LogP contribution < -0.4 is 15.5 Å². The lowest BCUT2D eigenvalue weighted by Gasteiger charge is -2.30. The van der Waals surface area contributed by atoms with Crippen LogP contribution in [0.1, 0.15) is 17.3 Å². The summed E-state index contributed by atoms with van der Waals surface area (Å²) in [4.78, 5) is 2.42. The third-order valence-corrected chi connectivity index (χ3v) is 8.68. The summed E-state index contributed by atoms with van der Waals surface area (Å²) in [5, 5.41) is 7.76. The first-order valence-corrected chi connectivity index (χ1v) is 15.5. The highest BCUT2D eigenvalue weighted by Crippen LogP contribution is 2.44. The number of para-hydroxylation sites is 1. The lowest BCUT2D eigenvalue weighted by molar-refractivity contribution is 0.643. The highest BCUT2D eigenvalue weighted by atomic mass is 15.4. The Morgan fingerprint density at radius 2 is 1.00 bits per heavy atom. The van der Waals surface area contributed by atoms with Gasteiger partial charge in [0.1, 0.15) is 12.0 Å². The minimum absolute atomic E-state index is 0.124. The molecule has 6 aromatic rings. The Kier molecular flexibility index (Phi) is 6.97. The van der Waals surface area contributed by atoms with Gasteiger partial charge in [0.2, 0.25) is 0 Å². The molecule has 2 heterocycles. The summed E-state index contributed by atoms with van der Waals surface area (Å²) < 4.78 is 0. The summed E-state index contributed by atoms with van der Waals surface area (Å²) in [6.45, 7) is 0.744. The molecule has 3 heteroatoms. The second-order valence-corrected chi connectivity index (χ2v) is 11.5. The Morgan fingerprint density at radius 1 is 0.489 bits per heavy atom. The molecule has 0 bridgehead atoms. The molecule has 0 saturated carbocycles. The van der Waals surface area contributed by atoms with Crippen molar-refractivity contribution < 1.29 is 0 Å². The molecule has 2 aliphatic heterocycles.